The van der Waals surface area contributed by atoms with Crippen LogP contribution in [-0.2, 0) is 28.6 Å². The van der Waals surface area contributed by atoms with Crippen molar-refractivity contribution >= 4 is 21.2 Å². The first kappa shape index (κ1) is 16.6. The van der Waals surface area contributed by atoms with E-state index in [4.69, 9.17) is 0 Å². The number of aromatic nitrogens is 1. The van der Waals surface area contributed by atoms with Crippen LogP contribution in [0.15, 0.2) is 0 Å². The normalized spacial score (nSPS) is 11.9. The maximum atomic E-state index is 11.7. The number of nitrogens with one attached hydrogen (secondary N) is 1. The predicted octanol–water partition coefficient (Wildman–Crippen LogP) is 2.53. The molecule has 0 saturated carbocycles. The molecule has 0 spiro atoms. The van der Waals surface area contributed by atoms with Crippen LogP contribution in [0.1, 0.15) is 49.2 Å². The van der Waals surface area contributed by atoms with Gasteiger partial charge in [0.05, 0.1) is 5.69 Å². The summed E-state index contributed by atoms with van der Waals surface area (Å²) in [6.07, 6.45) is 3.05. The first-order valence-corrected chi connectivity index (χ1v) is 9.54. The van der Waals surface area contributed by atoms with Crippen LogP contribution >= 0.6 is 11.3 Å². The van der Waals surface area contributed by atoms with Crippen molar-refractivity contribution < 1.29 is 8.42 Å². The Hall–Kier alpha value is -0.460. The van der Waals surface area contributed by atoms with Crippen LogP contribution in [0.4, 0.5) is 0 Å². The van der Waals surface area contributed by atoms with Crippen molar-refractivity contribution in [2.75, 3.05) is 12.3 Å². The van der Waals surface area contributed by atoms with Gasteiger partial charge in [0.1, 0.15) is 10.8 Å². The molecule has 0 atom stereocenters. The number of hydrogen-bond donors (Lipinski definition) is 1. The summed E-state index contributed by atoms with van der Waals surface area (Å²) in [6.45, 7) is 7.70. The molecule has 0 aliphatic heterocycles. The monoisotopic (exact) mass is 304 g/mol. The van der Waals surface area contributed by atoms with Crippen molar-refractivity contribution in [3.05, 3.63) is 15.6 Å². The molecule has 0 aromatic carbocycles. The zero-order chi connectivity index (χ0) is 14.3. The van der Waals surface area contributed by atoms with Gasteiger partial charge in [-0.3, -0.25) is 0 Å². The topological polar surface area (TPSA) is 59.1 Å². The molecule has 1 N–H and O–H groups in total. The number of rotatable bonds is 9. The smallest absolute Gasteiger partial charge is 0.156 e. The van der Waals surface area contributed by atoms with E-state index in [0.29, 0.717) is 0 Å². The van der Waals surface area contributed by atoms with Crippen molar-refractivity contribution in [1.82, 2.24) is 10.3 Å². The molecule has 4 nitrogen and oxygen atoms in total. The first-order chi connectivity index (χ1) is 9.02. The lowest BCUT2D eigenvalue weighted by Gasteiger charge is -2.02. The highest BCUT2D eigenvalue weighted by Crippen LogP contribution is 2.22. The molecule has 0 aliphatic rings. The minimum Gasteiger partial charge on any atom is -0.312 e. The second-order valence-electron chi connectivity index (χ2n) is 4.58. The number of hydrogen-bond acceptors (Lipinski definition) is 5. The SMILES string of the molecule is CCCNCc1sc(CS(=O)(=O)CC)nc1CCC. The Balaban J connectivity index is 2.81. The second kappa shape index (κ2) is 7.97. The van der Waals surface area contributed by atoms with Gasteiger partial charge < -0.3 is 5.32 Å². The summed E-state index contributed by atoms with van der Waals surface area (Å²) in [5.74, 6) is 0.262. The Morgan fingerprint density at radius 1 is 1.21 bits per heavy atom. The summed E-state index contributed by atoms with van der Waals surface area (Å²) in [4.78, 5) is 5.70. The average molecular weight is 304 g/mol. The Morgan fingerprint density at radius 2 is 1.95 bits per heavy atom. The van der Waals surface area contributed by atoms with Gasteiger partial charge in [-0.05, 0) is 19.4 Å². The van der Waals surface area contributed by atoms with Crippen LogP contribution in [0.5, 0.6) is 0 Å². The van der Waals surface area contributed by atoms with Gasteiger partial charge in [-0.25, -0.2) is 13.4 Å². The lowest BCUT2D eigenvalue weighted by Crippen LogP contribution is -2.13. The van der Waals surface area contributed by atoms with Crippen molar-refractivity contribution in [2.24, 2.45) is 0 Å². The third-order valence-electron chi connectivity index (χ3n) is 2.80. The molecule has 1 aromatic rings. The molecule has 0 amide bonds. The average Bonchev–Trinajstić information content (AvgIpc) is 2.72. The van der Waals surface area contributed by atoms with Crippen LogP contribution in [0.2, 0.25) is 0 Å². The van der Waals surface area contributed by atoms with Crippen LogP contribution in [0.3, 0.4) is 0 Å². The number of aryl methyl sites for hydroxylation is 1. The number of nitrogens with zero attached hydrogens (tertiary/aromatic N) is 1. The fourth-order valence-electron chi connectivity index (χ4n) is 1.74. The fraction of sp³-hybridized carbons (Fsp3) is 0.769. The minimum atomic E-state index is -2.99. The Kier molecular flexibility index (Phi) is 6.96. The molecular formula is C13H24N2O2S2. The van der Waals surface area contributed by atoms with E-state index in [1.54, 1.807) is 6.92 Å². The van der Waals surface area contributed by atoms with Crippen LogP contribution in [0.25, 0.3) is 0 Å². The zero-order valence-electron chi connectivity index (χ0n) is 12.0. The Labute approximate surface area is 120 Å². The van der Waals surface area contributed by atoms with Gasteiger partial charge in [0.25, 0.3) is 0 Å². The molecule has 1 rings (SSSR count). The van der Waals surface area contributed by atoms with E-state index in [1.807, 2.05) is 0 Å². The van der Waals surface area contributed by atoms with Gasteiger partial charge in [0.2, 0.25) is 0 Å². The standard InChI is InChI=1S/C13H24N2O2S2/c1-4-7-11-12(9-14-8-5-2)18-13(15-11)10-19(16,17)6-3/h14H,4-10H2,1-3H3. The third kappa shape index (κ3) is 5.58. The van der Waals surface area contributed by atoms with Crippen LogP contribution in [0, 0.1) is 0 Å². The number of sulfone groups is 1. The van der Waals surface area contributed by atoms with Crippen LogP contribution < -0.4 is 5.32 Å². The van der Waals surface area contributed by atoms with Gasteiger partial charge in [-0.2, -0.15) is 0 Å². The molecule has 1 aromatic heterocycles. The lowest BCUT2D eigenvalue weighted by atomic mass is 10.2. The van der Waals surface area contributed by atoms with E-state index in [-0.39, 0.29) is 11.5 Å². The van der Waals surface area contributed by atoms with E-state index in [9.17, 15) is 8.42 Å². The summed E-state index contributed by atoms with van der Waals surface area (Å²) in [5.41, 5.74) is 1.07. The van der Waals surface area contributed by atoms with Crippen LogP contribution in [-0.4, -0.2) is 25.7 Å². The highest BCUT2D eigenvalue weighted by molar-refractivity contribution is 7.90. The second-order valence-corrected chi connectivity index (χ2v) is 8.10. The fourth-order valence-corrected chi connectivity index (χ4v) is 4.04. The molecule has 0 unspecified atom stereocenters. The van der Waals surface area contributed by atoms with Crippen molar-refractivity contribution in [3.63, 3.8) is 0 Å². The summed E-state index contributed by atoms with van der Waals surface area (Å²) in [5, 5.41) is 4.10. The third-order valence-corrected chi connectivity index (χ3v) is 5.68. The molecule has 0 fully saturated rings. The largest absolute Gasteiger partial charge is 0.312 e. The molecule has 0 bridgehead atoms. The predicted molar refractivity (Wildman–Crippen MR) is 81.3 cm³/mol. The van der Waals surface area contributed by atoms with E-state index in [2.05, 4.69) is 24.1 Å². The highest BCUT2D eigenvalue weighted by Gasteiger charge is 2.16. The summed E-state index contributed by atoms with van der Waals surface area (Å²) >= 11 is 1.54. The molecular weight excluding hydrogens is 280 g/mol. The number of thiazole rings is 1. The molecule has 1 heterocycles. The molecule has 0 saturated heterocycles. The molecule has 19 heavy (non-hydrogen) atoms. The maximum Gasteiger partial charge on any atom is 0.156 e. The molecule has 0 aliphatic carbocycles. The van der Waals surface area contributed by atoms with Gasteiger partial charge in [0, 0.05) is 17.2 Å². The minimum absolute atomic E-state index is 0.0820. The summed E-state index contributed by atoms with van der Waals surface area (Å²) in [6, 6.07) is 0. The molecule has 0 radical (unpaired) electrons. The summed E-state index contributed by atoms with van der Waals surface area (Å²) in [7, 11) is -2.99. The first-order valence-electron chi connectivity index (χ1n) is 6.91. The van der Waals surface area contributed by atoms with Gasteiger partial charge >= 0.3 is 0 Å². The van der Waals surface area contributed by atoms with E-state index >= 15 is 0 Å². The van der Waals surface area contributed by atoms with Crippen molar-refractivity contribution in [1.29, 1.82) is 0 Å². The van der Waals surface area contributed by atoms with Gasteiger partial charge in [-0.1, -0.05) is 27.2 Å². The van der Waals surface area contributed by atoms with Gasteiger partial charge in [0.15, 0.2) is 9.84 Å². The van der Waals surface area contributed by atoms with Crippen molar-refractivity contribution in [3.8, 4) is 0 Å². The quantitative estimate of drug-likeness (QED) is 0.712. The Morgan fingerprint density at radius 3 is 2.53 bits per heavy atom. The van der Waals surface area contributed by atoms with Gasteiger partial charge in [-0.15, -0.1) is 11.3 Å². The maximum absolute atomic E-state index is 11.7. The Bertz CT molecular complexity index is 481. The van der Waals surface area contributed by atoms with E-state index in [0.717, 1.165) is 43.1 Å². The molecule has 110 valence electrons. The van der Waals surface area contributed by atoms with Crippen molar-refractivity contribution in [2.45, 2.75) is 52.3 Å². The molecule has 6 heteroatoms. The summed E-state index contributed by atoms with van der Waals surface area (Å²) < 4.78 is 23.3. The highest BCUT2D eigenvalue weighted by atomic mass is 32.2. The lowest BCUT2D eigenvalue weighted by molar-refractivity contribution is 0.596. The van der Waals surface area contributed by atoms with E-state index < -0.39 is 9.84 Å². The zero-order valence-corrected chi connectivity index (χ0v) is 13.7. The van der Waals surface area contributed by atoms with E-state index in [1.165, 1.54) is 16.2 Å².